The van der Waals surface area contributed by atoms with Crippen molar-refractivity contribution in [1.82, 2.24) is 10.6 Å². The molecule has 2 aromatic rings. The third kappa shape index (κ3) is 5.80. The maximum atomic E-state index is 12.5. The smallest absolute Gasteiger partial charge is 0.253 e. The minimum absolute atomic E-state index is 0.223. The molecule has 0 bridgehead atoms. The van der Waals surface area contributed by atoms with E-state index in [-0.39, 0.29) is 29.0 Å². The Labute approximate surface area is 156 Å². The van der Waals surface area contributed by atoms with Crippen LogP contribution in [0.2, 0.25) is 10.0 Å². The average Bonchev–Trinajstić information content (AvgIpc) is 3.04. The molecular formula is C18H20Cl2N2O3. The van der Waals surface area contributed by atoms with E-state index in [4.69, 9.17) is 27.6 Å². The topological polar surface area (TPSA) is 71.3 Å². The lowest BCUT2D eigenvalue weighted by Crippen LogP contribution is -2.47. The molecule has 0 spiro atoms. The number of nitrogens with one attached hydrogen (secondary N) is 2. The Morgan fingerprint density at radius 3 is 2.56 bits per heavy atom. The summed E-state index contributed by atoms with van der Waals surface area (Å²) in [5.74, 6) is 0.174. The van der Waals surface area contributed by atoms with Gasteiger partial charge in [0, 0.05) is 5.02 Å². The Bertz CT molecular complexity index is 730. The molecule has 2 N–H and O–H groups in total. The maximum Gasteiger partial charge on any atom is 0.253 e. The molecule has 5 nitrogen and oxygen atoms in total. The molecule has 7 heteroatoms. The first-order valence-electron chi connectivity index (χ1n) is 7.93. The second-order valence-corrected chi connectivity index (χ2v) is 6.92. The minimum Gasteiger partial charge on any atom is -0.467 e. The van der Waals surface area contributed by atoms with E-state index in [1.807, 2.05) is 13.8 Å². The fraction of sp³-hybridized carbons (Fsp3) is 0.333. The lowest BCUT2D eigenvalue weighted by Gasteiger charge is -2.20. The predicted octanol–water partition coefficient (Wildman–Crippen LogP) is 4.05. The number of carbonyl (C=O) groups excluding carboxylic acids is 2. The molecule has 1 atom stereocenters. The van der Waals surface area contributed by atoms with Gasteiger partial charge >= 0.3 is 0 Å². The summed E-state index contributed by atoms with van der Waals surface area (Å²) < 4.78 is 5.19. The van der Waals surface area contributed by atoms with Crippen molar-refractivity contribution < 1.29 is 14.0 Å². The van der Waals surface area contributed by atoms with Crippen molar-refractivity contribution in [1.29, 1.82) is 0 Å². The molecule has 25 heavy (non-hydrogen) atoms. The first kappa shape index (κ1) is 19.3. The SMILES string of the molecule is CC(C)C[C@H](NC(=O)c1ccc(Cl)cc1Cl)C(=O)NCc1ccco1. The van der Waals surface area contributed by atoms with Crippen LogP contribution in [0.5, 0.6) is 0 Å². The van der Waals surface area contributed by atoms with Crippen LogP contribution in [0.4, 0.5) is 0 Å². The summed E-state index contributed by atoms with van der Waals surface area (Å²) in [4.78, 5) is 24.9. The summed E-state index contributed by atoms with van der Waals surface area (Å²) in [6.45, 7) is 4.22. The highest BCUT2D eigenvalue weighted by Gasteiger charge is 2.23. The normalized spacial score (nSPS) is 12.0. The molecule has 2 rings (SSSR count). The third-order valence-electron chi connectivity index (χ3n) is 3.52. The van der Waals surface area contributed by atoms with Crippen LogP contribution in [0.25, 0.3) is 0 Å². The van der Waals surface area contributed by atoms with Crippen molar-refractivity contribution >= 4 is 35.0 Å². The average molecular weight is 383 g/mol. The third-order valence-corrected chi connectivity index (χ3v) is 4.07. The number of hydrogen-bond donors (Lipinski definition) is 2. The fourth-order valence-corrected chi connectivity index (χ4v) is 2.82. The van der Waals surface area contributed by atoms with Crippen LogP contribution >= 0.6 is 23.2 Å². The number of hydrogen-bond acceptors (Lipinski definition) is 3. The molecule has 1 aromatic heterocycles. The molecule has 0 aliphatic carbocycles. The van der Waals surface area contributed by atoms with Gasteiger partial charge in [-0.3, -0.25) is 9.59 Å². The van der Waals surface area contributed by atoms with Gasteiger partial charge in [-0.25, -0.2) is 0 Å². The van der Waals surface area contributed by atoms with Crippen molar-refractivity contribution in [2.45, 2.75) is 32.9 Å². The van der Waals surface area contributed by atoms with E-state index in [1.54, 1.807) is 18.2 Å². The van der Waals surface area contributed by atoms with Gasteiger partial charge in [-0.1, -0.05) is 37.0 Å². The number of rotatable bonds is 7. The molecule has 1 aromatic carbocycles. The van der Waals surface area contributed by atoms with E-state index >= 15 is 0 Å². The van der Waals surface area contributed by atoms with Gasteiger partial charge < -0.3 is 15.1 Å². The van der Waals surface area contributed by atoms with Gasteiger partial charge in [-0.15, -0.1) is 0 Å². The quantitative estimate of drug-likeness (QED) is 0.758. The van der Waals surface area contributed by atoms with Crippen LogP contribution < -0.4 is 10.6 Å². The lowest BCUT2D eigenvalue weighted by atomic mass is 10.0. The number of amides is 2. The highest BCUT2D eigenvalue weighted by Crippen LogP contribution is 2.21. The van der Waals surface area contributed by atoms with Gasteiger partial charge in [0.25, 0.3) is 5.91 Å². The Kier molecular flexibility index (Phi) is 6.91. The molecule has 0 aliphatic heterocycles. The zero-order chi connectivity index (χ0) is 18.4. The van der Waals surface area contributed by atoms with Crippen molar-refractivity contribution in [2.75, 3.05) is 0 Å². The summed E-state index contributed by atoms with van der Waals surface area (Å²) in [6, 6.07) is 7.45. The predicted molar refractivity (Wildman–Crippen MR) is 97.7 cm³/mol. The molecule has 2 amide bonds. The molecule has 0 radical (unpaired) electrons. The lowest BCUT2D eigenvalue weighted by molar-refractivity contribution is -0.123. The molecule has 1 heterocycles. The van der Waals surface area contributed by atoms with E-state index in [0.29, 0.717) is 17.2 Å². The first-order chi connectivity index (χ1) is 11.9. The molecule has 0 unspecified atom stereocenters. The molecular weight excluding hydrogens is 363 g/mol. The van der Waals surface area contributed by atoms with Gasteiger partial charge in [0.05, 0.1) is 23.4 Å². The molecule has 0 saturated carbocycles. The van der Waals surface area contributed by atoms with Crippen LogP contribution in [0.1, 0.15) is 36.4 Å². The number of halogens is 2. The number of furan rings is 1. The van der Waals surface area contributed by atoms with E-state index in [0.717, 1.165) is 0 Å². The molecule has 0 fully saturated rings. The minimum atomic E-state index is -0.672. The van der Waals surface area contributed by atoms with Crippen molar-refractivity contribution in [3.8, 4) is 0 Å². The Hall–Kier alpha value is -1.98. The van der Waals surface area contributed by atoms with Crippen LogP contribution in [0.3, 0.4) is 0 Å². The molecule has 0 saturated heterocycles. The van der Waals surface area contributed by atoms with Gasteiger partial charge in [0.2, 0.25) is 5.91 Å². The van der Waals surface area contributed by atoms with Crippen LogP contribution in [0, 0.1) is 5.92 Å². The molecule has 0 aliphatic rings. The Balaban J connectivity index is 2.05. The van der Waals surface area contributed by atoms with E-state index < -0.39 is 11.9 Å². The summed E-state index contributed by atoms with van der Waals surface area (Å²) in [5.41, 5.74) is 0.277. The van der Waals surface area contributed by atoms with Gasteiger partial charge in [0.1, 0.15) is 11.8 Å². The summed E-state index contributed by atoms with van der Waals surface area (Å²) in [7, 11) is 0. The Morgan fingerprint density at radius 2 is 1.96 bits per heavy atom. The highest BCUT2D eigenvalue weighted by atomic mass is 35.5. The summed E-state index contributed by atoms with van der Waals surface area (Å²) in [5, 5.41) is 6.20. The van der Waals surface area contributed by atoms with Crippen molar-refractivity contribution in [3.05, 3.63) is 58.0 Å². The first-order valence-corrected chi connectivity index (χ1v) is 8.68. The van der Waals surface area contributed by atoms with Gasteiger partial charge in [-0.05, 0) is 42.7 Å². The van der Waals surface area contributed by atoms with E-state index in [1.165, 1.54) is 18.4 Å². The highest BCUT2D eigenvalue weighted by molar-refractivity contribution is 6.36. The van der Waals surface area contributed by atoms with Crippen LogP contribution in [-0.4, -0.2) is 17.9 Å². The molecule has 134 valence electrons. The zero-order valence-corrected chi connectivity index (χ0v) is 15.5. The number of benzene rings is 1. The monoisotopic (exact) mass is 382 g/mol. The largest absolute Gasteiger partial charge is 0.467 e. The second-order valence-electron chi connectivity index (χ2n) is 6.08. The zero-order valence-electron chi connectivity index (χ0n) is 14.0. The van der Waals surface area contributed by atoms with Crippen LogP contribution in [-0.2, 0) is 11.3 Å². The van der Waals surface area contributed by atoms with Crippen molar-refractivity contribution in [2.24, 2.45) is 5.92 Å². The fourth-order valence-electron chi connectivity index (χ4n) is 2.32. The van der Waals surface area contributed by atoms with Gasteiger partial charge in [-0.2, -0.15) is 0 Å². The van der Waals surface area contributed by atoms with Crippen LogP contribution in [0.15, 0.2) is 41.0 Å². The van der Waals surface area contributed by atoms with E-state index in [2.05, 4.69) is 10.6 Å². The summed E-state index contributed by atoms with van der Waals surface area (Å²) in [6.07, 6.45) is 2.04. The van der Waals surface area contributed by atoms with Crippen molar-refractivity contribution in [3.63, 3.8) is 0 Å². The van der Waals surface area contributed by atoms with Gasteiger partial charge in [0.15, 0.2) is 0 Å². The maximum absolute atomic E-state index is 12.5. The Morgan fingerprint density at radius 1 is 1.20 bits per heavy atom. The number of carbonyl (C=O) groups is 2. The second kappa shape index (κ2) is 8.92. The standard InChI is InChI=1S/C18H20Cl2N2O3/c1-11(2)8-16(18(24)21-10-13-4-3-7-25-13)22-17(23)14-6-5-12(19)9-15(14)20/h3-7,9,11,16H,8,10H2,1-2H3,(H,21,24)(H,22,23)/t16-/m0/s1. The summed E-state index contributed by atoms with van der Waals surface area (Å²) >= 11 is 11.9. The van der Waals surface area contributed by atoms with E-state index in [9.17, 15) is 9.59 Å².